The van der Waals surface area contributed by atoms with Gasteiger partial charge in [0.05, 0.1) is 0 Å². The number of halogens is 5. The quantitative estimate of drug-likeness (QED) is 0.433. The van der Waals surface area contributed by atoms with Crippen LogP contribution >= 0.6 is 0 Å². The summed E-state index contributed by atoms with van der Waals surface area (Å²) in [7, 11) is -4.83. The van der Waals surface area contributed by atoms with Crippen molar-refractivity contribution in [1.82, 2.24) is 0 Å². The molecule has 0 saturated carbocycles. The molecule has 0 spiro atoms. The van der Waals surface area contributed by atoms with E-state index in [1.54, 1.807) is 0 Å². The standard InChI is InChI=1S/C6H9F5O3S.Li.H/c7-1-3(8)5(10)6(11)4(9)2-15(12,13)14;;/h3-6H,1-2H2,(H,12,13,14);;. The molecule has 0 aromatic rings. The van der Waals surface area contributed by atoms with Gasteiger partial charge < -0.3 is 0 Å². The Morgan fingerprint density at radius 3 is 1.69 bits per heavy atom. The van der Waals surface area contributed by atoms with Crippen molar-refractivity contribution in [3.05, 3.63) is 0 Å². The van der Waals surface area contributed by atoms with Gasteiger partial charge in [0.15, 0.2) is 24.7 Å². The van der Waals surface area contributed by atoms with Gasteiger partial charge in [0.1, 0.15) is 12.4 Å². The van der Waals surface area contributed by atoms with Gasteiger partial charge in [0.2, 0.25) is 0 Å². The molecular weight excluding hydrogens is 254 g/mol. The molecule has 0 aromatic heterocycles. The Kier molecular flexibility index (Phi) is 8.65. The van der Waals surface area contributed by atoms with E-state index in [0.717, 1.165) is 0 Å². The Labute approximate surface area is 101 Å². The van der Waals surface area contributed by atoms with E-state index in [1.807, 2.05) is 0 Å². The average molecular weight is 264 g/mol. The zero-order valence-corrected chi connectivity index (χ0v) is 8.10. The molecule has 3 nitrogen and oxygen atoms in total. The van der Waals surface area contributed by atoms with E-state index >= 15 is 0 Å². The van der Waals surface area contributed by atoms with Gasteiger partial charge in [-0.2, -0.15) is 8.42 Å². The summed E-state index contributed by atoms with van der Waals surface area (Å²) in [5, 5.41) is 0. The molecule has 0 saturated heterocycles. The zero-order valence-electron chi connectivity index (χ0n) is 7.29. The van der Waals surface area contributed by atoms with Crippen LogP contribution in [0.15, 0.2) is 0 Å². The predicted octanol–water partition coefficient (Wildman–Crippen LogP) is 0.548. The minimum atomic E-state index is -4.83. The molecule has 0 bridgehead atoms. The number of hydrogen-bond acceptors (Lipinski definition) is 2. The topological polar surface area (TPSA) is 54.4 Å². The fourth-order valence-corrected chi connectivity index (χ4v) is 1.36. The molecule has 0 amide bonds. The van der Waals surface area contributed by atoms with Gasteiger partial charge in [0.25, 0.3) is 10.1 Å². The van der Waals surface area contributed by atoms with E-state index in [1.165, 1.54) is 0 Å². The van der Waals surface area contributed by atoms with Crippen LogP contribution in [0.3, 0.4) is 0 Å². The molecule has 10 heteroatoms. The maximum absolute atomic E-state index is 12.6. The first-order chi connectivity index (χ1) is 6.69. The molecule has 94 valence electrons. The van der Waals surface area contributed by atoms with Gasteiger partial charge in [-0.15, -0.1) is 0 Å². The van der Waals surface area contributed by atoms with E-state index in [4.69, 9.17) is 4.55 Å². The van der Waals surface area contributed by atoms with Gasteiger partial charge >= 0.3 is 18.9 Å². The van der Waals surface area contributed by atoms with E-state index in [9.17, 15) is 30.4 Å². The van der Waals surface area contributed by atoms with Crippen LogP contribution in [0, 0.1) is 0 Å². The molecule has 0 aliphatic rings. The molecule has 0 radical (unpaired) electrons. The number of hydrogen-bond donors (Lipinski definition) is 1. The average Bonchev–Trinajstić information content (AvgIpc) is 2.11. The van der Waals surface area contributed by atoms with Crippen LogP contribution in [0.4, 0.5) is 22.0 Å². The second-order valence-corrected chi connectivity index (χ2v) is 4.32. The van der Waals surface area contributed by atoms with Crippen molar-refractivity contribution in [3.8, 4) is 0 Å². The summed E-state index contributed by atoms with van der Waals surface area (Å²) >= 11 is 0. The Balaban J connectivity index is 0. The Bertz CT molecular complexity index is 288. The van der Waals surface area contributed by atoms with Gasteiger partial charge in [-0.1, -0.05) is 0 Å². The predicted molar refractivity (Wildman–Crippen MR) is 49.1 cm³/mol. The normalized spacial score (nSPS) is 19.4. The van der Waals surface area contributed by atoms with Crippen LogP contribution in [-0.2, 0) is 10.1 Å². The van der Waals surface area contributed by atoms with Crippen molar-refractivity contribution < 1.29 is 34.9 Å². The van der Waals surface area contributed by atoms with Crippen LogP contribution < -0.4 is 0 Å². The van der Waals surface area contributed by atoms with Crippen molar-refractivity contribution in [3.63, 3.8) is 0 Å². The first kappa shape index (κ1) is 18.5. The molecule has 1 N–H and O–H groups in total. The molecule has 4 atom stereocenters. The molecule has 0 aliphatic heterocycles. The molecule has 4 unspecified atom stereocenters. The SMILES string of the molecule is O=S(=O)(O)CC(F)C(F)C(F)C(F)CF.[LiH]. The van der Waals surface area contributed by atoms with Gasteiger partial charge in [-0.25, -0.2) is 22.0 Å². The van der Waals surface area contributed by atoms with E-state index < -0.39 is 47.2 Å². The Morgan fingerprint density at radius 1 is 1.00 bits per heavy atom. The molecule has 0 aliphatic carbocycles. The summed E-state index contributed by atoms with van der Waals surface area (Å²) in [6, 6.07) is 0. The van der Waals surface area contributed by atoms with E-state index in [0.29, 0.717) is 0 Å². The molecule has 0 aromatic carbocycles. The molecule has 0 fully saturated rings. The van der Waals surface area contributed by atoms with Crippen molar-refractivity contribution in [2.24, 2.45) is 0 Å². The van der Waals surface area contributed by atoms with Crippen LogP contribution in [0.2, 0.25) is 0 Å². The zero-order chi connectivity index (χ0) is 12.2. The van der Waals surface area contributed by atoms with Crippen LogP contribution in [0.1, 0.15) is 0 Å². The maximum atomic E-state index is 12.6. The van der Waals surface area contributed by atoms with Gasteiger partial charge in [0, 0.05) is 0 Å². The van der Waals surface area contributed by atoms with E-state index in [-0.39, 0.29) is 18.9 Å². The second kappa shape index (κ2) is 7.48. The third kappa shape index (κ3) is 6.68. The van der Waals surface area contributed by atoms with Crippen molar-refractivity contribution in [2.45, 2.75) is 24.7 Å². The third-order valence-electron chi connectivity index (χ3n) is 1.51. The molecule has 0 rings (SSSR count). The second-order valence-electron chi connectivity index (χ2n) is 2.82. The summed E-state index contributed by atoms with van der Waals surface area (Å²) < 4.78 is 89.7. The molecular formula is C6H10F5LiO3S. The fraction of sp³-hybridized carbons (Fsp3) is 1.00. The van der Waals surface area contributed by atoms with E-state index in [2.05, 4.69) is 0 Å². The molecule has 16 heavy (non-hydrogen) atoms. The Hall–Kier alpha value is 0.157. The molecule has 0 heterocycles. The van der Waals surface area contributed by atoms with Crippen molar-refractivity contribution in [2.75, 3.05) is 12.4 Å². The summed E-state index contributed by atoms with van der Waals surface area (Å²) in [5.41, 5.74) is 0. The number of rotatable bonds is 6. The Morgan fingerprint density at radius 2 is 1.38 bits per heavy atom. The van der Waals surface area contributed by atoms with Crippen LogP contribution in [-0.4, -0.2) is 68.9 Å². The summed E-state index contributed by atoms with van der Waals surface area (Å²) in [4.78, 5) is 0. The van der Waals surface area contributed by atoms with Crippen LogP contribution in [0.25, 0.3) is 0 Å². The van der Waals surface area contributed by atoms with Crippen LogP contribution in [0.5, 0.6) is 0 Å². The first-order valence-corrected chi connectivity index (χ1v) is 5.37. The summed E-state index contributed by atoms with van der Waals surface area (Å²) in [6.45, 7) is -1.85. The van der Waals surface area contributed by atoms with Crippen molar-refractivity contribution in [1.29, 1.82) is 0 Å². The summed E-state index contributed by atoms with van der Waals surface area (Å²) in [6.07, 6.45) is -12.1. The first-order valence-electron chi connectivity index (χ1n) is 3.76. The van der Waals surface area contributed by atoms with Crippen molar-refractivity contribution >= 4 is 29.0 Å². The fourth-order valence-electron chi connectivity index (χ4n) is 0.777. The van der Waals surface area contributed by atoms with Gasteiger partial charge in [-0.3, -0.25) is 4.55 Å². The number of alkyl halides is 5. The monoisotopic (exact) mass is 264 g/mol. The third-order valence-corrected chi connectivity index (χ3v) is 2.25. The minimum absolute atomic E-state index is 0. The summed E-state index contributed by atoms with van der Waals surface area (Å²) in [5.74, 6) is -1.70. The van der Waals surface area contributed by atoms with Gasteiger partial charge in [-0.05, 0) is 0 Å².